The lowest BCUT2D eigenvalue weighted by Gasteiger charge is -2.13. The molecule has 0 heterocycles. The highest BCUT2D eigenvalue weighted by Gasteiger charge is 2.20. The number of ether oxygens (including phenoxy) is 1. The van der Waals surface area contributed by atoms with Gasteiger partial charge < -0.3 is 10.1 Å². The van der Waals surface area contributed by atoms with Crippen LogP contribution in [0.5, 0.6) is 0 Å². The monoisotopic (exact) mass is 334 g/mol. The van der Waals surface area contributed by atoms with Gasteiger partial charge in [-0.05, 0) is 37.6 Å². The molecule has 2 aromatic rings. The molecule has 0 aliphatic carbocycles. The van der Waals surface area contributed by atoms with E-state index in [4.69, 9.17) is 4.74 Å². The summed E-state index contributed by atoms with van der Waals surface area (Å²) < 4.78 is 5.09. The Labute approximate surface area is 146 Å². The van der Waals surface area contributed by atoms with Gasteiger partial charge in [0.15, 0.2) is 6.10 Å². The van der Waals surface area contributed by atoms with Gasteiger partial charge in [-0.1, -0.05) is 48.0 Å². The van der Waals surface area contributed by atoms with E-state index in [0.29, 0.717) is 11.3 Å². The van der Waals surface area contributed by atoms with Gasteiger partial charge in [-0.15, -0.1) is 0 Å². The average molecular weight is 334 g/mol. The van der Waals surface area contributed by atoms with E-state index in [9.17, 15) is 14.9 Å². The SMILES string of the molecule is Cc1ccc(/C=C(\C#N)C(=O)O[C@H](C)C(=O)Nc2ccccc2)cc1. The molecule has 0 unspecified atom stereocenters. The van der Waals surface area contributed by atoms with Gasteiger partial charge in [-0.25, -0.2) is 4.79 Å². The predicted octanol–water partition coefficient (Wildman–Crippen LogP) is 3.47. The largest absolute Gasteiger partial charge is 0.448 e. The first-order chi connectivity index (χ1) is 12.0. The highest BCUT2D eigenvalue weighted by atomic mass is 16.5. The van der Waals surface area contributed by atoms with E-state index < -0.39 is 18.0 Å². The first-order valence-corrected chi connectivity index (χ1v) is 7.75. The molecule has 2 aromatic carbocycles. The summed E-state index contributed by atoms with van der Waals surface area (Å²) in [6.07, 6.45) is 0.409. The molecule has 0 aliphatic rings. The summed E-state index contributed by atoms with van der Waals surface area (Å²) in [4.78, 5) is 24.2. The molecule has 0 saturated heterocycles. The van der Waals surface area contributed by atoms with Crippen molar-refractivity contribution in [2.75, 3.05) is 5.32 Å². The van der Waals surface area contributed by atoms with E-state index in [1.165, 1.54) is 13.0 Å². The lowest BCUT2D eigenvalue weighted by atomic mass is 10.1. The Morgan fingerprint density at radius 1 is 1.12 bits per heavy atom. The standard InChI is InChI=1S/C20H18N2O3/c1-14-8-10-16(11-9-14)12-17(13-21)20(24)25-15(2)19(23)22-18-6-4-3-5-7-18/h3-12,15H,1-2H3,(H,22,23)/b17-12+/t15-/m1/s1. The van der Waals surface area contributed by atoms with Crippen LogP contribution in [0.4, 0.5) is 5.69 Å². The smallest absolute Gasteiger partial charge is 0.349 e. The van der Waals surface area contributed by atoms with Gasteiger partial charge >= 0.3 is 5.97 Å². The molecule has 1 amide bonds. The van der Waals surface area contributed by atoms with E-state index >= 15 is 0 Å². The van der Waals surface area contributed by atoms with Crippen molar-refractivity contribution in [1.82, 2.24) is 0 Å². The van der Waals surface area contributed by atoms with Crippen LogP contribution in [0.15, 0.2) is 60.2 Å². The Morgan fingerprint density at radius 2 is 1.76 bits per heavy atom. The molecule has 1 N–H and O–H groups in total. The highest BCUT2D eigenvalue weighted by Crippen LogP contribution is 2.11. The zero-order valence-electron chi connectivity index (χ0n) is 14.0. The number of hydrogen-bond acceptors (Lipinski definition) is 4. The second-order valence-electron chi connectivity index (χ2n) is 5.48. The number of aryl methyl sites for hydroxylation is 1. The molecule has 1 atom stereocenters. The maximum Gasteiger partial charge on any atom is 0.349 e. The van der Waals surface area contributed by atoms with Crippen LogP contribution in [0.2, 0.25) is 0 Å². The topological polar surface area (TPSA) is 79.2 Å². The third kappa shape index (κ3) is 5.33. The first kappa shape index (κ1) is 18.0. The third-order valence-corrected chi connectivity index (χ3v) is 3.42. The summed E-state index contributed by atoms with van der Waals surface area (Å²) >= 11 is 0. The Balaban J connectivity index is 2.02. The number of hydrogen-bond donors (Lipinski definition) is 1. The zero-order valence-corrected chi connectivity index (χ0v) is 14.0. The number of carbonyl (C=O) groups excluding carboxylic acids is 2. The predicted molar refractivity (Wildman–Crippen MR) is 95.4 cm³/mol. The first-order valence-electron chi connectivity index (χ1n) is 7.75. The number of esters is 1. The van der Waals surface area contributed by atoms with Gasteiger partial charge in [0.25, 0.3) is 5.91 Å². The molecule has 25 heavy (non-hydrogen) atoms. The van der Waals surface area contributed by atoms with Crippen LogP contribution in [0.25, 0.3) is 6.08 Å². The molecule has 5 heteroatoms. The molecule has 0 fully saturated rings. The van der Waals surface area contributed by atoms with Crippen LogP contribution in [-0.2, 0) is 14.3 Å². The molecule has 126 valence electrons. The Morgan fingerprint density at radius 3 is 2.36 bits per heavy atom. The molecule has 0 aliphatic heterocycles. The van der Waals surface area contributed by atoms with Crippen molar-refractivity contribution < 1.29 is 14.3 Å². The maximum atomic E-state index is 12.1. The fourth-order valence-electron chi connectivity index (χ4n) is 2.01. The van der Waals surface area contributed by atoms with Gasteiger partial charge in [0.1, 0.15) is 11.6 Å². The summed E-state index contributed by atoms with van der Waals surface area (Å²) in [6.45, 7) is 3.40. The minimum atomic E-state index is -1.03. The third-order valence-electron chi connectivity index (χ3n) is 3.42. The summed E-state index contributed by atoms with van der Waals surface area (Å²) in [5, 5.41) is 11.8. The van der Waals surface area contributed by atoms with E-state index in [2.05, 4.69) is 5.32 Å². The lowest BCUT2D eigenvalue weighted by molar-refractivity contribution is -0.148. The molecule has 5 nitrogen and oxygen atoms in total. The van der Waals surface area contributed by atoms with Gasteiger partial charge in [-0.3, -0.25) is 4.79 Å². The van der Waals surface area contributed by atoms with E-state index in [0.717, 1.165) is 5.56 Å². The second-order valence-corrected chi connectivity index (χ2v) is 5.48. The summed E-state index contributed by atoms with van der Waals surface area (Å²) in [5.74, 6) is -1.30. The summed E-state index contributed by atoms with van der Waals surface area (Å²) in [7, 11) is 0. The van der Waals surface area contributed by atoms with Gasteiger partial charge in [0.2, 0.25) is 0 Å². The van der Waals surface area contributed by atoms with Crippen LogP contribution in [0.3, 0.4) is 0 Å². The number of para-hydroxylation sites is 1. The molecule has 0 radical (unpaired) electrons. The number of rotatable bonds is 5. The number of benzene rings is 2. The molecule has 0 aromatic heterocycles. The number of amides is 1. The second kappa shape index (κ2) is 8.46. The molecule has 2 rings (SSSR count). The Kier molecular flexibility index (Phi) is 6.08. The summed E-state index contributed by atoms with van der Waals surface area (Å²) in [6, 6.07) is 18.0. The Hall–Kier alpha value is -3.39. The van der Waals surface area contributed by atoms with Crippen molar-refractivity contribution in [3.8, 4) is 6.07 Å². The fraction of sp³-hybridized carbons (Fsp3) is 0.150. The highest BCUT2D eigenvalue weighted by molar-refractivity contribution is 6.01. The zero-order chi connectivity index (χ0) is 18.2. The minimum absolute atomic E-state index is 0.164. The molecule has 0 bridgehead atoms. The number of nitriles is 1. The van der Waals surface area contributed by atoms with Crippen LogP contribution >= 0.6 is 0 Å². The quantitative estimate of drug-likeness (QED) is 0.516. The number of anilines is 1. The van der Waals surface area contributed by atoms with Crippen LogP contribution < -0.4 is 5.32 Å². The number of carbonyl (C=O) groups is 2. The Bertz CT molecular complexity index is 818. The normalized spacial score (nSPS) is 12.0. The fourth-order valence-corrected chi connectivity index (χ4v) is 2.01. The van der Waals surface area contributed by atoms with Crippen molar-refractivity contribution >= 4 is 23.6 Å². The van der Waals surface area contributed by atoms with Crippen molar-refractivity contribution in [2.24, 2.45) is 0 Å². The van der Waals surface area contributed by atoms with Gasteiger partial charge in [0.05, 0.1) is 0 Å². The summed E-state index contributed by atoms with van der Waals surface area (Å²) in [5.41, 5.74) is 2.22. The van der Waals surface area contributed by atoms with E-state index in [1.54, 1.807) is 36.4 Å². The molecular weight excluding hydrogens is 316 g/mol. The molecule has 0 saturated carbocycles. The van der Waals surface area contributed by atoms with Crippen molar-refractivity contribution in [2.45, 2.75) is 20.0 Å². The van der Waals surface area contributed by atoms with Crippen molar-refractivity contribution in [3.05, 3.63) is 71.3 Å². The van der Waals surface area contributed by atoms with Crippen molar-refractivity contribution in [1.29, 1.82) is 5.26 Å². The van der Waals surface area contributed by atoms with Crippen LogP contribution in [0, 0.1) is 18.3 Å². The number of nitrogens with zero attached hydrogens (tertiary/aromatic N) is 1. The maximum absolute atomic E-state index is 12.1. The molecular formula is C20H18N2O3. The minimum Gasteiger partial charge on any atom is -0.448 e. The van der Waals surface area contributed by atoms with Crippen molar-refractivity contribution in [3.63, 3.8) is 0 Å². The van der Waals surface area contributed by atoms with E-state index in [1.807, 2.05) is 31.2 Å². The van der Waals surface area contributed by atoms with Crippen LogP contribution in [0.1, 0.15) is 18.1 Å². The average Bonchev–Trinajstić information content (AvgIpc) is 2.61. The van der Waals surface area contributed by atoms with Crippen LogP contribution in [-0.4, -0.2) is 18.0 Å². The molecule has 0 spiro atoms. The number of nitrogens with one attached hydrogen (secondary N) is 1. The van der Waals surface area contributed by atoms with Gasteiger partial charge in [-0.2, -0.15) is 5.26 Å². The lowest BCUT2D eigenvalue weighted by Crippen LogP contribution is -2.30. The van der Waals surface area contributed by atoms with Gasteiger partial charge in [0, 0.05) is 5.69 Å². The van der Waals surface area contributed by atoms with E-state index in [-0.39, 0.29) is 5.57 Å².